The Morgan fingerprint density at radius 1 is 1.44 bits per heavy atom. The summed E-state index contributed by atoms with van der Waals surface area (Å²) in [5.74, 6) is 0. The van der Waals surface area contributed by atoms with Crippen LogP contribution in [-0.2, 0) is 10.9 Å². The Morgan fingerprint density at radius 2 is 2.17 bits per heavy atom. The molecule has 0 aromatic carbocycles. The maximum atomic E-state index is 12.9. The van der Waals surface area contributed by atoms with Crippen molar-refractivity contribution in [3.8, 4) is 0 Å². The van der Waals surface area contributed by atoms with E-state index in [1.54, 1.807) is 0 Å². The molecular weight excluding hydrogens is 245 g/mol. The summed E-state index contributed by atoms with van der Waals surface area (Å²) in [6.07, 6.45) is -1.15. The number of ether oxygens (including phenoxy) is 1. The van der Waals surface area contributed by atoms with Gasteiger partial charge in [0.25, 0.3) is 0 Å². The standard InChI is InChI=1S/C12H17F3N2O/c1-3-5-17-11(8-18-2)9-7-16-6-4-10(9)12(13,14)15/h4,6-7,11,17H,3,5,8H2,1-2H3. The summed E-state index contributed by atoms with van der Waals surface area (Å²) < 4.78 is 43.6. The van der Waals surface area contributed by atoms with E-state index in [-0.39, 0.29) is 12.2 Å². The molecule has 1 atom stereocenters. The van der Waals surface area contributed by atoms with Crippen LogP contribution in [0.1, 0.15) is 30.5 Å². The SMILES string of the molecule is CCCNC(COC)c1cnccc1C(F)(F)F. The summed E-state index contributed by atoms with van der Waals surface area (Å²) in [5, 5.41) is 3.03. The molecule has 1 aromatic heterocycles. The van der Waals surface area contributed by atoms with E-state index in [9.17, 15) is 13.2 Å². The highest BCUT2D eigenvalue weighted by molar-refractivity contribution is 5.29. The van der Waals surface area contributed by atoms with Crippen LogP contribution in [-0.4, -0.2) is 25.2 Å². The van der Waals surface area contributed by atoms with Crippen LogP contribution in [0.25, 0.3) is 0 Å². The molecule has 18 heavy (non-hydrogen) atoms. The van der Waals surface area contributed by atoms with Crippen LogP contribution in [0.4, 0.5) is 13.2 Å². The van der Waals surface area contributed by atoms with Crippen molar-refractivity contribution in [2.45, 2.75) is 25.6 Å². The summed E-state index contributed by atoms with van der Waals surface area (Å²) >= 11 is 0. The second kappa shape index (κ2) is 6.70. The molecule has 0 bridgehead atoms. The molecule has 0 saturated heterocycles. The van der Waals surface area contributed by atoms with Gasteiger partial charge in [0.2, 0.25) is 0 Å². The maximum Gasteiger partial charge on any atom is 0.416 e. The highest BCUT2D eigenvalue weighted by atomic mass is 19.4. The van der Waals surface area contributed by atoms with Gasteiger partial charge in [-0.2, -0.15) is 13.2 Å². The Morgan fingerprint density at radius 3 is 2.72 bits per heavy atom. The largest absolute Gasteiger partial charge is 0.416 e. The first kappa shape index (κ1) is 14.9. The predicted octanol–water partition coefficient (Wildman–Crippen LogP) is 2.79. The van der Waals surface area contributed by atoms with E-state index in [1.807, 2.05) is 6.92 Å². The number of alkyl halides is 3. The number of halogens is 3. The Kier molecular flexibility index (Phi) is 5.55. The summed E-state index contributed by atoms with van der Waals surface area (Å²) in [6.45, 7) is 2.75. The van der Waals surface area contributed by atoms with E-state index in [0.29, 0.717) is 6.54 Å². The fourth-order valence-corrected chi connectivity index (χ4v) is 1.69. The first-order valence-electron chi connectivity index (χ1n) is 5.74. The van der Waals surface area contributed by atoms with Gasteiger partial charge in [-0.1, -0.05) is 6.92 Å². The van der Waals surface area contributed by atoms with Gasteiger partial charge in [-0.3, -0.25) is 4.98 Å². The topological polar surface area (TPSA) is 34.1 Å². The van der Waals surface area contributed by atoms with Crippen molar-refractivity contribution in [2.24, 2.45) is 0 Å². The highest BCUT2D eigenvalue weighted by Gasteiger charge is 2.35. The second-order valence-corrected chi connectivity index (χ2v) is 3.92. The molecule has 0 amide bonds. The average Bonchev–Trinajstić information content (AvgIpc) is 2.33. The van der Waals surface area contributed by atoms with Crippen molar-refractivity contribution in [1.29, 1.82) is 0 Å². The third-order valence-corrected chi connectivity index (χ3v) is 2.51. The van der Waals surface area contributed by atoms with Crippen molar-refractivity contribution in [3.05, 3.63) is 29.6 Å². The number of nitrogens with zero attached hydrogens (tertiary/aromatic N) is 1. The number of rotatable bonds is 6. The molecule has 0 aliphatic rings. The molecule has 0 saturated carbocycles. The normalized spacial score (nSPS) is 13.6. The molecular formula is C12H17F3N2O. The summed E-state index contributed by atoms with van der Waals surface area (Å²) in [5.41, 5.74) is -0.538. The van der Waals surface area contributed by atoms with E-state index in [0.717, 1.165) is 18.7 Å². The van der Waals surface area contributed by atoms with Gasteiger partial charge in [0, 0.05) is 25.1 Å². The maximum absolute atomic E-state index is 12.9. The monoisotopic (exact) mass is 262 g/mol. The van der Waals surface area contributed by atoms with Crippen LogP contribution in [0.5, 0.6) is 0 Å². The van der Waals surface area contributed by atoms with Crippen LogP contribution in [0.2, 0.25) is 0 Å². The van der Waals surface area contributed by atoms with Gasteiger partial charge in [0.1, 0.15) is 0 Å². The summed E-state index contributed by atoms with van der Waals surface area (Å²) in [6, 6.07) is 0.492. The fraction of sp³-hybridized carbons (Fsp3) is 0.583. The zero-order valence-electron chi connectivity index (χ0n) is 10.4. The minimum atomic E-state index is -4.38. The molecule has 0 radical (unpaired) electrons. The molecule has 1 N–H and O–H groups in total. The van der Waals surface area contributed by atoms with Gasteiger partial charge >= 0.3 is 6.18 Å². The zero-order chi connectivity index (χ0) is 13.6. The summed E-state index contributed by atoms with van der Waals surface area (Å²) in [4.78, 5) is 3.77. The average molecular weight is 262 g/mol. The number of hydrogen-bond acceptors (Lipinski definition) is 3. The first-order valence-corrected chi connectivity index (χ1v) is 5.74. The van der Waals surface area contributed by atoms with E-state index >= 15 is 0 Å². The van der Waals surface area contributed by atoms with Crippen molar-refractivity contribution in [2.75, 3.05) is 20.3 Å². The Labute approximate surface area is 104 Å². The lowest BCUT2D eigenvalue weighted by molar-refractivity contribution is -0.138. The molecule has 3 nitrogen and oxygen atoms in total. The molecule has 0 spiro atoms. The molecule has 0 aliphatic carbocycles. The lowest BCUT2D eigenvalue weighted by atomic mass is 10.0. The quantitative estimate of drug-likeness (QED) is 0.856. The van der Waals surface area contributed by atoms with Crippen molar-refractivity contribution < 1.29 is 17.9 Å². The van der Waals surface area contributed by atoms with Gasteiger partial charge in [-0.25, -0.2) is 0 Å². The van der Waals surface area contributed by atoms with Gasteiger partial charge in [-0.15, -0.1) is 0 Å². The lowest BCUT2D eigenvalue weighted by Gasteiger charge is -2.21. The van der Waals surface area contributed by atoms with Crippen LogP contribution < -0.4 is 5.32 Å². The molecule has 0 aliphatic heterocycles. The van der Waals surface area contributed by atoms with Crippen molar-refractivity contribution in [3.63, 3.8) is 0 Å². The van der Waals surface area contributed by atoms with Crippen LogP contribution in [0.15, 0.2) is 18.5 Å². The minimum Gasteiger partial charge on any atom is -0.383 e. The fourth-order valence-electron chi connectivity index (χ4n) is 1.69. The van der Waals surface area contributed by atoms with Gasteiger partial charge in [-0.05, 0) is 19.0 Å². The summed E-state index contributed by atoms with van der Waals surface area (Å²) in [7, 11) is 1.46. The molecule has 1 unspecified atom stereocenters. The highest BCUT2D eigenvalue weighted by Crippen LogP contribution is 2.34. The molecule has 1 aromatic rings. The van der Waals surface area contributed by atoms with Crippen LogP contribution in [0.3, 0.4) is 0 Å². The van der Waals surface area contributed by atoms with E-state index in [2.05, 4.69) is 10.3 Å². The van der Waals surface area contributed by atoms with E-state index < -0.39 is 17.8 Å². The number of aromatic nitrogens is 1. The first-order chi connectivity index (χ1) is 8.50. The molecule has 1 rings (SSSR count). The van der Waals surface area contributed by atoms with E-state index in [1.165, 1.54) is 13.3 Å². The van der Waals surface area contributed by atoms with Gasteiger partial charge in [0.15, 0.2) is 0 Å². The minimum absolute atomic E-state index is 0.125. The Balaban J connectivity index is 3.03. The zero-order valence-corrected chi connectivity index (χ0v) is 10.4. The van der Waals surface area contributed by atoms with Crippen LogP contribution in [0, 0.1) is 0 Å². The lowest BCUT2D eigenvalue weighted by Crippen LogP contribution is -2.28. The smallest absolute Gasteiger partial charge is 0.383 e. The Hall–Kier alpha value is -1.14. The van der Waals surface area contributed by atoms with Crippen LogP contribution >= 0.6 is 0 Å². The van der Waals surface area contributed by atoms with Gasteiger partial charge < -0.3 is 10.1 Å². The predicted molar refractivity (Wildman–Crippen MR) is 62.1 cm³/mol. The third kappa shape index (κ3) is 3.96. The second-order valence-electron chi connectivity index (χ2n) is 3.92. The molecule has 102 valence electrons. The Bertz CT molecular complexity index is 369. The van der Waals surface area contributed by atoms with Gasteiger partial charge in [0.05, 0.1) is 18.2 Å². The third-order valence-electron chi connectivity index (χ3n) is 2.51. The molecule has 6 heteroatoms. The molecule has 1 heterocycles. The van der Waals surface area contributed by atoms with Crippen molar-refractivity contribution in [1.82, 2.24) is 10.3 Å². The molecule has 0 fully saturated rings. The number of hydrogen-bond donors (Lipinski definition) is 1. The number of nitrogens with one attached hydrogen (secondary N) is 1. The number of methoxy groups -OCH3 is 1. The number of pyridine rings is 1. The van der Waals surface area contributed by atoms with Crippen molar-refractivity contribution >= 4 is 0 Å². The van der Waals surface area contributed by atoms with E-state index in [4.69, 9.17) is 4.74 Å².